The number of guanidine groups is 1. The summed E-state index contributed by atoms with van der Waals surface area (Å²) in [6.07, 6.45) is 4.50. The average Bonchev–Trinajstić information content (AvgIpc) is 2.42. The molecule has 0 radical (unpaired) electrons. The van der Waals surface area contributed by atoms with Crippen LogP contribution in [0.5, 0.6) is 0 Å². The van der Waals surface area contributed by atoms with Crippen LogP contribution in [0.15, 0.2) is 29.3 Å². The highest BCUT2D eigenvalue weighted by Crippen LogP contribution is 2.08. The SMILES string of the molecule is I.NC(=NCCc1ccc(F)cc1)N1CCCCC1. The Morgan fingerprint density at radius 3 is 2.42 bits per heavy atom. The van der Waals surface area contributed by atoms with E-state index in [2.05, 4.69) is 9.89 Å². The van der Waals surface area contributed by atoms with Crippen LogP contribution >= 0.6 is 24.0 Å². The molecule has 1 fully saturated rings. The van der Waals surface area contributed by atoms with Gasteiger partial charge in [0.25, 0.3) is 0 Å². The number of nitrogens with two attached hydrogens (primary N) is 1. The molecule has 0 bridgehead atoms. The largest absolute Gasteiger partial charge is 0.370 e. The van der Waals surface area contributed by atoms with E-state index in [1.807, 2.05) is 0 Å². The third-order valence-electron chi connectivity index (χ3n) is 3.27. The quantitative estimate of drug-likeness (QED) is 0.500. The molecule has 1 saturated heterocycles. The van der Waals surface area contributed by atoms with Crippen LogP contribution in [0.2, 0.25) is 0 Å². The van der Waals surface area contributed by atoms with Gasteiger partial charge in [0.15, 0.2) is 5.96 Å². The molecule has 1 heterocycles. The number of likely N-dealkylation sites (tertiary alicyclic amines) is 1. The molecule has 0 saturated carbocycles. The first kappa shape index (κ1) is 16.2. The Bertz CT molecular complexity index is 400. The van der Waals surface area contributed by atoms with E-state index in [9.17, 15) is 4.39 Å². The molecule has 19 heavy (non-hydrogen) atoms. The summed E-state index contributed by atoms with van der Waals surface area (Å²) in [5.74, 6) is 0.451. The van der Waals surface area contributed by atoms with Gasteiger partial charge in [-0.3, -0.25) is 4.99 Å². The van der Waals surface area contributed by atoms with E-state index in [0.717, 1.165) is 25.1 Å². The number of aliphatic imine (C=N–C) groups is 1. The normalized spacial score (nSPS) is 16.1. The number of halogens is 2. The fourth-order valence-electron chi connectivity index (χ4n) is 2.17. The van der Waals surface area contributed by atoms with Crippen molar-refractivity contribution in [3.63, 3.8) is 0 Å². The molecule has 3 nitrogen and oxygen atoms in total. The second kappa shape index (κ2) is 8.35. The van der Waals surface area contributed by atoms with Crippen molar-refractivity contribution in [3.8, 4) is 0 Å². The third-order valence-corrected chi connectivity index (χ3v) is 3.27. The molecule has 0 atom stereocenters. The maximum absolute atomic E-state index is 12.7. The van der Waals surface area contributed by atoms with Crippen molar-refractivity contribution < 1.29 is 4.39 Å². The summed E-state index contributed by atoms with van der Waals surface area (Å²) in [5.41, 5.74) is 7.04. The first-order valence-electron chi connectivity index (χ1n) is 6.55. The Morgan fingerprint density at radius 1 is 1.16 bits per heavy atom. The van der Waals surface area contributed by atoms with Crippen LogP contribution in [0, 0.1) is 5.82 Å². The molecular formula is C14H21FIN3. The maximum Gasteiger partial charge on any atom is 0.191 e. The maximum atomic E-state index is 12.7. The Balaban J connectivity index is 0.00000180. The van der Waals surface area contributed by atoms with Gasteiger partial charge in [-0.25, -0.2) is 4.39 Å². The number of nitrogens with zero attached hydrogens (tertiary/aromatic N) is 2. The van der Waals surface area contributed by atoms with Crippen molar-refractivity contribution >= 4 is 29.9 Å². The van der Waals surface area contributed by atoms with E-state index in [-0.39, 0.29) is 29.8 Å². The van der Waals surface area contributed by atoms with E-state index in [0.29, 0.717) is 12.5 Å². The summed E-state index contributed by atoms with van der Waals surface area (Å²) < 4.78 is 12.7. The van der Waals surface area contributed by atoms with E-state index >= 15 is 0 Å². The second-order valence-electron chi connectivity index (χ2n) is 4.66. The van der Waals surface area contributed by atoms with Gasteiger partial charge < -0.3 is 10.6 Å². The predicted molar refractivity (Wildman–Crippen MR) is 87.4 cm³/mol. The van der Waals surface area contributed by atoms with Crippen LogP contribution in [-0.4, -0.2) is 30.5 Å². The molecule has 2 N–H and O–H groups in total. The van der Waals surface area contributed by atoms with Gasteiger partial charge >= 0.3 is 0 Å². The van der Waals surface area contributed by atoms with Crippen molar-refractivity contribution in [2.45, 2.75) is 25.7 Å². The van der Waals surface area contributed by atoms with Crippen LogP contribution in [0.25, 0.3) is 0 Å². The van der Waals surface area contributed by atoms with E-state index in [4.69, 9.17) is 5.73 Å². The minimum atomic E-state index is -0.199. The Morgan fingerprint density at radius 2 is 1.79 bits per heavy atom. The molecule has 0 amide bonds. The van der Waals surface area contributed by atoms with Crippen LogP contribution < -0.4 is 5.73 Å². The fraction of sp³-hybridized carbons (Fsp3) is 0.500. The highest BCUT2D eigenvalue weighted by Gasteiger charge is 2.11. The van der Waals surface area contributed by atoms with Gasteiger partial charge in [-0.05, 0) is 43.4 Å². The molecule has 106 valence electrons. The average molecular weight is 377 g/mol. The van der Waals surface area contributed by atoms with Crippen LogP contribution in [0.3, 0.4) is 0 Å². The first-order chi connectivity index (χ1) is 8.75. The molecule has 0 spiro atoms. The molecule has 1 aromatic rings. The summed E-state index contributed by atoms with van der Waals surface area (Å²) in [7, 11) is 0. The molecule has 0 unspecified atom stereocenters. The van der Waals surface area contributed by atoms with E-state index < -0.39 is 0 Å². The Labute approximate surface area is 131 Å². The number of rotatable bonds is 3. The van der Waals surface area contributed by atoms with Crippen molar-refractivity contribution in [1.82, 2.24) is 4.90 Å². The lowest BCUT2D eigenvalue weighted by atomic mass is 10.1. The molecule has 0 aromatic heterocycles. The second-order valence-corrected chi connectivity index (χ2v) is 4.66. The van der Waals surface area contributed by atoms with Crippen molar-refractivity contribution in [2.75, 3.05) is 19.6 Å². The number of benzene rings is 1. The van der Waals surface area contributed by atoms with Crippen LogP contribution in [0.4, 0.5) is 4.39 Å². The lowest BCUT2D eigenvalue weighted by Gasteiger charge is -2.27. The van der Waals surface area contributed by atoms with Crippen LogP contribution in [0.1, 0.15) is 24.8 Å². The summed E-state index contributed by atoms with van der Waals surface area (Å²) in [4.78, 5) is 6.54. The molecule has 1 aliphatic heterocycles. The zero-order valence-electron chi connectivity index (χ0n) is 11.0. The summed E-state index contributed by atoms with van der Waals surface area (Å²) in [6.45, 7) is 2.70. The summed E-state index contributed by atoms with van der Waals surface area (Å²) in [5, 5.41) is 0. The highest BCUT2D eigenvalue weighted by atomic mass is 127. The predicted octanol–water partition coefficient (Wildman–Crippen LogP) is 2.79. The molecule has 1 aliphatic rings. The lowest BCUT2D eigenvalue weighted by Crippen LogP contribution is -2.41. The van der Waals surface area contributed by atoms with Gasteiger partial charge in [0.2, 0.25) is 0 Å². The van der Waals surface area contributed by atoms with Gasteiger partial charge in [0.1, 0.15) is 5.82 Å². The zero-order valence-corrected chi connectivity index (χ0v) is 13.3. The molecule has 5 heteroatoms. The Kier molecular flexibility index (Phi) is 7.12. The number of piperidine rings is 1. The monoisotopic (exact) mass is 377 g/mol. The van der Waals surface area contributed by atoms with Gasteiger partial charge in [-0.1, -0.05) is 12.1 Å². The number of hydrogen-bond donors (Lipinski definition) is 1. The van der Waals surface area contributed by atoms with Gasteiger partial charge in [0, 0.05) is 19.6 Å². The Hall–Kier alpha value is -0.850. The minimum absolute atomic E-state index is 0. The minimum Gasteiger partial charge on any atom is -0.370 e. The highest BCUT2D eigenvalue weighted by molar-refractivity contribution is 14.0. The van der Waals surface area contributed by atoms with Gasteiger partial charge in [0.05, 0.1) is 0 Å². The van der Waals surface area contributed by atoms with E-state index in [1.165, 1.54) is 31.4 Å². The lowest BCUT2D eigenvalue weighted by molar-refractivity contribution is 0.338. The van der Waals surface area contributed by atoms with Gasteiger partial charge in [-0.2, -0.15) is 0 Å². The topological polar surface area (TPSA) is 41.6 Å². The molecular weight excluding hydrogens is 356 g/mol. The smallest absolute Gasteiger partial charge is 0.191 e. The van der Waals surface area contributed by atoms with Crippen molar-refractivity contribution in [3.05, 3.63) is 35.6 Å². The molecule has 0 aliphatic carbocycles. The van der Waals surface area contributed by atoms with Crippen LogP contribution in [-0.2, 0) is 6.42 Å². The summed E-state index contributed by atoms with van der Waals surface area (Å²) in [6, 6.07) is 6.55. The molecule has 1 aromatic carbocycles. The van der Waals surface area contributed by atoms with Gasteiger partial charge in [-0.15, -0.1) is 24.0 Å². The fourth-order valence-corrected chi connectivity index (χ4v) is 2.17. The van der Waals surface area contributed by atoms with E-state index in [1.54, 1.807) is 12.1 Å². The zero-order chi connectivity index (χ0) is 12.8. The third kappa shape index (κ3) is 5.34. The number of hydrogen-bond acceptors (Lipinski definition) is 1. The summed E-state index contributed by atoms with van der Waals surface area (Å²) >= 11 is 0. The van der Waals surface area contributed by atoms with Crippen molar-refractivity contribution in [1.29, 1.82) is 0 Å². The first-order valence-corrected chi connectivity index (χ1v) is 6.55. The van der Waals surface area contributed by atoms with Crippen molar-refractivity contribution in [2.24, 2.45) is 10.7 Å². The standard InChI is InChI=1S/C14H20FN3.HI/c15-13-6-4-12(5-7-13)8-9-17-14(16)18-10-2-1-3-11-18;/h4-7H,1-3,8-11H2,(H2,16,17);1H. The molecule has 2 rings (SSSR count).